The smallest absolute Gasteiger partial charge is 0.223 e. The molecule has 1 aromatic rings. The summed E-state index contributed by atoms with van der Waals surface area (Å²) in [7, 11) is 1.73. The number of rotatable bonds is 5. The van der Waals surface area contributed by atoms with Gasteiger partial charge in [-0.05, 0) is 44.8 Å². The SMILES string of the molecule is COc1ccccc1C1(CNC(=O)C2CCNCC2)CCCC1. The van der Waals surface area contributed by atoms with Crippen LogP contribution in [0.1, 0.15) is 44.1 Å². The molecule has 126 valence electrons. The molecule has 1 saturated carbocycles. The standard InChI is InChI=1S/C19H28N2O2/c1-23-17-7-3-2-6-16(17)19(10-4-5-11-19)14-21-18(22)15-8-12-20-13-9-15/h2-3,6-7,15,20H,4-5,8-14H2,1H3,(H,21,22). The van der Waals surface area contributed by atoms with Gasteiger partial charge in [-0.3, -0.25) is 4.79 Å². The second kappa shape index (κ2) is 7.35. The lowest BCUT2D eigenvalue weighted by molar-refractivity contribution is -0.126. The highest BCUT2D eigenvalue weighted by Gasteiger charge is 2.38. The van der Waals surface area contributed by atoms with Crippen LogP contribution in [-0.4, -0.2) is 32.7 Å². The zero-order valence-electron chi connectivity index (χ0n) is 14.1. The quantitative estimate of drug-likeness (QED) is 0.878. The van der Waals surface area contributed by atoms with Crippen LogP contribution in [-0.2, 0) is 10.2 Å². The summed E-state index contributed by atoms with van der Waals surface area (Å²) in [6, 6.07) is 8.29. The van der Waals surface area contributed by atoms with Crippen molar-refractivity contribution in [2.24, 2.45) is 5.92 Å². The van der Waals surface area contributed by atoms with Crippen LogP contribution in [0.5, 0.6) is 5.75 Å². The number of hydrogen-bond acceptors (Lipinski definition) is 3. The van der Waals surface area contributed by atoms with Crippen LogP contribution in [0.25, 0.3) is 0 Å². The number of para-hydroxylation sites is 1. The van der Waals surface area contributed by atoms with Crippen molar-refractivity contribution in [3.05, 3.63) is 29.8 Å². The van der Waals surface area contributed by atoms with E-state index < -0.39 is 0 Å². The van der Waals surface area contributed by atoms with E-state index in [-0.39, 0.29) is 17.2 Å². The normalized spacial score (nSPS) is 21.1. The minimum absolute atomic E-state index is 0.0369. The molecule has 1 amide bonds. The van der Waals surface area contributed by atoms with Crippen LogP contribution < -0.4 is 15.4 Å². The van der Waals surface area contributed by atoms with E-state index in [1.54, 1.807) is 7.11 Å². The number of carbonyl (C=O) groups excluding carboxylic acids is 1. The molecule has 1 heterocycles. The van der Waals surface area contributed by atoms with Gasteiger partial charge < -0.3 is 15.4 Å². The fraction of sp³-hybridized carbons (Fsp3) is 0.632. The van der Waals surface area contributed by atoms with E-state index in [2.05, 4.69) is 22.8 Å². The van der Waals surface area contributed by atoms with Crippen molar-refractivity contribution in [3.63, 3.8) is 0 Å². The Labute approximate surface area is 139 Å². The van der Waals surface area contributed by atoms with Gasteiger partial charge in [0.25, 0.3) is 0 Å². The molecule has 1 aromatic carbocycles. The molecule has 3 rings (SSSR count). The maximum Gasteiger partial charge on any atom is 0.223 e. The van der Waals surface area contributed by atoms with Gasteiger partial charge in [0.15, 0.2) is 0 Å². The van der Waals surface area contributed by atoms with E-state index in [9.17, 15) is 4.79 Å². The van der Waals surface area contributed by atoms with Crippen molar-refractivity contribution in [2.75, 3.05) is 26.7 Å². The molecule has 2 aliphatic rings. The molecule has 0 aromatic heterocycles. The monoisotopic (exact) mass is 316 g/mol. The van der Waals surface area contributed by atoms with Gasteiger partial charge in [-0.25, -0.2) is 0 Å². The molecule has 1 aliphatic carbocycles. The van der Waals surface area contributed by atoms with E-state index in [4.69, 9.17) is 4.74 Å². The van der Waals surface area contributed by atoms with E-state index in [1.807, 2.05) is 12.1 Å². The van der Waals surface area contributed by atoms with Gasteiger partial charge in [0.2, 0.25) is 5.91 Å². The van der Waals surface area contributed by atoms with Crippen molar-refractivity contribution < 1.29 is 9.53 Å². The van der Waals surface area contributed by atoms with E-state index in [0.29, 0.717) is 0 Å². The lowest BCUT2D eigenvalue weighted by atomic mass is 9.78. The Balaban J connectivity index is 1.72. The van der Waals surface area contributed by atoms with E-state index in [0.717, 1.165) is 51.1 Å². The first kappa shape index (κ1) is 16.3. The molecule has 2 fully saturated rings. The number of piperidine rings is 1. The number of ether oxygens (including phenoxy) is 1. The molecule has 4 nitrogen and oxygen atoms in total. The van der Waals surface area contributed by atoms with Crippen LogP contribution in [0.2, 0.25) is 0 Å². The molecule has 0 bridgehead atoms. The summed E-state index contributed by atoms with van der Waals surface area (Å²) in [5, 5.41) is 6.58. The third-order valence-electron chi connectivity index (χ3n) is 5.55. The highest BCUT2D eigenvalue weighted by Crippen LogP contribution is 2.44. The Kier molecular flexibility index (Phi) is 5.21. The van der Waals surface area contributed by atoms with Crippen LogP contribution in [0.3, 0.4) is 0 Å². The first-order valence-corrected chi connectivity index (χ1v) is 8.87. The largest absolute Gasteiger partial charge is 0.496 e. The number of amides is 1. The van der Waals surface area contributed by atoms with E-state index >= 15 is 0 Å². The molecule has 0 unspecified atom stereocenters. The van der Waals surface area contributed by atoms with Crippen LogP contribution >= 0.6 is 0 Å². The molecule has 0 spiro atoms. The van der Waals surface area contributed by atoms with Crippen molar-refractivity contribution >= 4 is 5.91 Å². The van der Waals surface area contributed by atoms with Gasteiger partial charge in [0.1, 0.15) is 5.75 Å². The Hall–Kier alpha value is -1.55. The van der Waals surface area contributed by atoms with E-state index in [1.165, 1.54) is 18.4 Å². The molecule has 4 heteroatoms. The summed E-state index contributed by atoms with van der Waals surface area (Å²) in [5.41, 5.74) is 1.29. The topological polar surface area (TPSA) is 50.4 Å². The maximum absolute atomic E-state index is 12.5. The summed E-state index contributed by atoms with van der Waals surface area (Å²) >= 11 is 0. The second-order valence-corrected chi connectivity index (χ2v) is 6.93. The molecule has 23 heavy (non-hydrogen) atoms. The number of hydrogen-bond donors (Lipinski definition) is 2. The van der Waals surface area contributed by atoms with Crippen LogP contribution in [0.15, 0.2) is 24.3 Å². The summed E-state index contributed by atoms with van der Waals surface area (Å²) in [5.74, 6) is 1.35. The molecule has 0 radical (unpaired) electrons. The summed E-state index contributed by atoms with van der Waals surface area (Å²) in [4.78, 5) is 12.5. The van der Waals surface area contributed by atoms with Crippen LogP contribution in [0.4, 0.5) is 0 Å². The van der Waals surface area contributed by atoms with Gasteiger partial charge in [0, 0.05) is 23.4 Å². The third-order valence-corrected chi connectivity index (χ3v) is 5.55. The summed E-state index contributed by atoms with van der Waals surface area (Å²) < 4.78 is 5.58. The van der Waals surface area contributed by atoms with Crippen molar-refractivity contribution in [1.82, 2.24) is 10.6 Å². The summed E-state index contributed by atoms with van der Waals surface area (Å²) in [6.45, 7) is 2.64. The predicted octanol–water partition coefficient (Wildman–Crippen LogP) is 2.62. The lowest BCUT2D eigenvalue weighted by Gasteiger charge is -2.32. The van der Waals surface area contributed by atoms with Crippen molar-refractivity contribution in [3.8, 4) is 5.75 Å². The number of methoxy groups -OCH3 is 1. The minimum Gasteiger partial charge on any atom is -0.496 e. The molecule has 2 N–H and O–H groups in total. The fourth-order valence-corrected chi connectivity index (χ4v) is 4.16. The van der Waals surface area contributed by atoms with Gasteiger partial charge >= 0.3 is 0 Å². The Morgan fingerprint density at radius 3 is 2.65 bits per heavy atom. The number of benzene rings is 1. The third kappa shape index (κ3) is 3.52. The van der Waals surface area contributed by atoms with Gasteiger partial charge in [0.05, 0.1) is 7.11 Å². The summed E-state index contributed by atoms with van der Waals surface area (Å²) in [6.07, 6.45) is 6.60. The zero-order valence-corrected chi connectivity index (χ0v) is 14.1. The number of carbonyl (C=O) groups is 1. The predicted molar refractivity (Wildman–Crippen MR) is 91.7 cm³/mol. The second-order valence-electron chi connectivity index (χ2n) is 6.93. The first-order chi connectivity index (χ1) is 11.2. The molecule has 0 atom stereocenters. The van der Waals surface area contributed by atoms with Crippen molar-refractivity contribution in [2.45, 2.75) is 43.9 Å². The van der Waals surface area contributed by atoms with Gasteiger partial charge in [-0.2, -0.15) is 0 Å². The molecule has 1 saturated heterocycles. The Morgan fingerprint density at radius 1 is 1.26 bits per heavy atom. The molecular weight excluding hydrogens is 288 g/mol. The molecular formula is C19H28N2O2. The van der Waals surface area contributed by atoms with Gasteiger partial charge in [-0.15, -0.1) is 0 Å². The number of nitrogens with one attached hydrogen (secondary N) is 2. The Bertz CT molecular complexity index is 532. The minimum atomic E-state index is 0.0369. The average molecular weight is 316 g/mol. The zero-order chi connectivity index (χ0) is 16.1. The molecule has 1 aliphatic heterocycles. The van der Waals surface area contributed by atoms with Crippen LogP contribution in [0, 0.1) is 5.92 Å². The Morgan fingerprint density at radius 2 is 1.96 bits per heavy atom. The van der Waals surface area contributed by atoms with Gasteiger partial charge in [-0.1, -0.05) is 31.0 Å². The highest BCUT2D eigenvalue weighted by molar-refractivity contribution is 5.79. The van der Waals surface area contributed by atoms with Crippen molar-refractivity contribution in [1.29, 1.82) is 0 Å². The lowest BCUT2D eigenvalue weighted by Crippen LogP contribution is -2.44. The fourth-order valence-electron chi connectivity index (χ4n) is 4.16. The average Bonchev–Trinajstić information content (AvgIpc) is 3.10. The maximum atomic E-state index is 12.5. The first-order valence-electron chi connectivity index (χ1n) is 8.87. The highest BCUT2D eigenvalue weighted by atomic mass is 16.5.